The molecule has 1 N–H and O–H groups in total. The Morgan fingerprint density at radius 3 is 2.88 bits per heavy atom. The van der Waals surface area contributed by atoms with E-state index in [1.807, 2.05) is 11.8 Å². The Morgan fingerprint density at radius 2 is 2.00 bits per heavy atom. The van der Waals surface area contributed by atoms with Crippen molar-refractivity contribution in [2.75, 3.05) is 38.5 Å². The molecule has 0 saturated carbocycles. The number of nitrogens with zero attached hydrogens (tertiary/aromatic N) is 1. The minimum absolute atomic E-state index is 1.16. The molecule has 2 rings (SSSR count). The fourth-order valence-electron chi connectivity index (χ4n) is 2.12. The minimum Gasteiger partial charge on any atom is -0.315 e. The van der Waals surface area contributed by atoms with E-state index in [1.54, 1.807) is 0 Å². The summed E-state index contributed by atoms with van der Waals surface area (Å²) in [6.45, 7) is 6.08. The summed E-state index contributed by atoms with van der Waals surface area (Å²) in [6.07, 6.45) is 2.59. The summed E-state index contributed by atoms with van der Waals surface area (Å²) < 4.78 is 0. The molecule has 1 aliphatic heterocycles. The number of thioether (sulfide) groups is 1. The maximum absolute atomic E-state index is 3.45. The van der Waals surface area contributed by atoms with Crippen molar-refractivity contribution in [3.8, 4) is 0 Å². The molecule has 1 aliphatic rings. The summed E-state index contributed by atoms with van der Waals surface area (Å²) in [5, 5.41) is 3.45. The zero-order valence-corrected chi connectivity index (χ0v) is 11.2. The van der Waals surface area contributed by atoms with Crippen LogP contribution in [0.25, 0.3) is 0 Å². The second-order valence-electron chi connectivity index (χ2n) is 4.46. The van der Waals surface area contributed by atoms with Gasteiger partial charge < -0.3 is 10.2 Å². The minimum atomic E-state index is 1.16. The summed E-state index contributed by atoms with van der Waals surface area (Å²) >= 11 is 1.97. The van der Waals surface area contributed by atoms with Crippen LogP contribution in [0.4, 0.5) is 0 Å². The highest BCUT2D eigenvalue weighted by atomic mass is 32.2. The van der Waals surface area contributed by atoms with Gasteiger partial charge in [0, 0.05) is 18.0 Å². The average molecular weight is 250 g/mol. The van der Waals surface area contributed by atoms with Gasteiger partial charge in [0.2, 0.25) is 0 Å². The number of hydrogen-bond donors (Lipinski definition) is 1. The highest BCUT2D eigenvalue weighted by Crippen LogP contribution is 2.17. The lowest BCUT2D eigenvalue weighted by Crippen LogP contribution is -2.29. The van der Waals surface area contributed by atoms with Crippen LogP contribution < -0.4 is 5.32 Å². The van der Waals surface area contributed by atoms with Crippen LogP contribution >= 0.6 is 11.8 Å². The van der Waals surface area contributed by atoms with Crippen molar-refractivity contribution in [2.24, 2.45) is 0 Å². The van der Waals surface area contributed by atoms with Gasteiger partial charge in [0.25, 0.3) is 0 Å². The predicted octanol–water partition coefficient (Wildman–Crippen LogP) is 2.46. The van der Waals surface area contributed by atoms with E-state index in [0.717, 1.165) is 6.54 Å². The fraction of sp³-hybridized carbons (Fsp3) is 0.571. The van der Waals surface area contributed by atoms with Gasteiger partial charge in [-0.25, -0.2) is 0 Å². The van der Waals surface area contributed by atoms with Gasteiger partial charge in [0.15, 0.2) is 0 Å². The van der Waals surface area contributed by atoms with Crippen molar-refractivity contribution in [1.82, 2.24) is 10.2 Å². The quantitative estimate of drug-likeness (QED) is 0.638. The van der Waals surface area contributed by atoms with Gasteiger partial charge in [-0.1, -0.05) is 18.2 Å². The zero-order chi connectivity index (χ0) is 11.8. The number of nitrogens with one attached hydrogen (secondary N) is 1. The maximum Gasteiger partial charge on any atom is 0.0107 e. The van der Waals surface area contributed by atoms with E-state index in [-0.39, 0.29) is 0 Å². The van der Waals surface area contributed by atoms with Crippen molar-refractivity contribution in [2.45, 2.75) is 17.7 Å². The first-order valence-corrected chi connectivity index (χ1v) is 7.54. The van der Waals surface area contributed by atoms with Gasteiger partial charge in [0.05, 0.1) is 0 Å². The Hall–Kier alpha value is -0.510. The molecule has 0 bridgehead atoms. The molecule has 94 valence electrons. The van der Waals surface area contributed by atoms with E-state index >= 15 is 0 Å². The Balaban J connectivity index is 1.59. The lowest BCUT2D eigenvalue weighted by atomic mass is 10.3. The van der Waals surface area contributed by atoms with Crippen LogP contribution in [0.1, 0.15) is 12.8 Å². The fourth-order valence-corrected chi connectivity index (χ4v) is 2.98. The van der Waals surface area contributed by atoms with E-state index < -0.39 is 0 Å². The van der Waals surface area contributed by atoms with Gasteiger partial charge >= 0.3 is 0 Å². The Morgan fingerprint density at radius 1 is 1.12 bits per heavy atom. The van der Waals surface area contributed by atoms with E-state index in [0.29, 0.717) is 0 Å². The molecular weight excluding hydrogens is 228 g/mol. The van der Waals surface area contributed by atoms with Crippen LogP contribution in [0.2, 0.25) is 0 Å². The molecule has 1 saturated heterocycles. The number of benzene rings is 1. The molecule has 2 nitrogen and oxygen atoms in total. The second kappa shape index (κ2) is 7.75. The summed E-state index contributed by atoms with van der Waals surface area (Å²) in [4.78, 5) is 3.98. The molecule has 3 heteroatoms. The van der Waals surface area contributed by atoms with Gasteiger partial charge in [-0.05, 0) is 50.4 Å². The zero-order valence-electron chi connectivity index (χ0n) is 10.4. The molecule has 1 aromatic carbocycles. The van der Waals surface area contributed by atoms with Crippen LogP contribution in [0.15, 0.2) is 35.2 Å². The molecule has 0 aliphatic carbocycles. The topological polar surface area (TPSA) is 15.3 Å². The molecule has 1 aromatic rings. The van der Waals surface area contributed by atoms with E-state index in [9.17, 15) is 0 Å². The maximum atomic E-state index is 3.45. The molecule has 1 heterocycles. The molecule has 0 spiro atoms. The van der Waals surface area contributed by atoms with Crippen molar-refractivity contribution < 1.29 is 0 Å². The predicted molar refractivity (Wildman–Crippen MR) is 75.7 cm³/mol. The third kappa shape index (κ3) is 5.11. The smallest absolute Gasteiger partial charge is 0.0107 e. The van der Waals surface area contributed by atoms with Crippen molar-refractivity contribution in [3.63, 3.8) is 0 Å². The molecule has 0 amide bonds. The summed E-state index contributed by atoms with van der Waals surface area (Å²) in [6, 6.07) is 10.7. The lowest BCUT2D eigenvalue weighted by molar-refractivity contribution is 0.294. The normalized spacial score (nSPS) is 17.9. The highest BCUT2D eigenvalue weighted by Gasteiger charge is 2.07. The van der Waals surface area contributed by atoms with Crippen LogP contribution in [0.3, 0.4) is 0 Å². The van der Waals surface area contributed by atoms with E-state index in [2.05, 4.69) is 40.5 Å². The second-order valence-corrected chi connectivity index (χ2v) is 5.63. The van der Waals surface area contributed by atoms with E-state index in [4.69, 9.17) is 0 Å². The molecule has 0 radical (unpaired) electrons. The largest absolute Gasteiger partial charge is 0.315 e. The van der Waals surface area contributed by atoms with Crippen molar-refractivity contribution in [1.29, 1.82) is 0 Å². The first-order valence-electron chi connectivity index (χ1n) is 6.56. The third-order valence-corrected chi connectivity index (χ3v) is 4.16. The number of rotatable bonds is 5. The molecule has 1 fully saturated rings. The van der Waals surface area contributed by atoms with Gasteiger partial charge in [-0.15, -0.1) is 11.8 Å². The first kappa shape index (κ1) is 12.9. The van der Waals surface area contributed by atoms with Crippen LogP contribution in [0.5, 0.6) is 0 Å². The third-order valence-electron chi connectivity index (χ3n) is 3.06. The highest BCUT2D eigenvalue weighted by molar-refractivity contribution is 7.99. The monoisotopic (exact) mass is 250 g/mol. The SMILES string of the molecule is c1ccc(SCCCN2CCCNCC2)cc1. The molecule has 0 unspecified atom stereocenters. The number of hydrogen-bond acceptors (Lipinski definition) is 3. The Bertz CT molecular complexity index is 294. The van der Waals surface area contributed by atoms with Crippen LogP contribution in [0, 0.1) is 0 Å². The lowest BCUT2D eigenvalue weighted by Gasteiger charge is -2.18. The van der Waals surface area contributed by atoms with E-state index in [1.165, 1.54) is 49.7 Å². The molecular formula is C14H22N2S. The summed E-state index contributed by atoms with van der Waals surface area (Å²) in [5.74, 6) is 1.23. The summed E-state index contributed by atoms with van der Waals surface area (Å²) in [7, 11) is 0. The molecule has 0 atom stereocenters. The summed E-state index contributed by atoms with van der Waals surface area (Å²) in [5.41, 5.74) is 0. The van der Waals surface area contributed by atoms with Crippen LogP contribution in [-0.2, 0) is 0 Å². The van der Waals surface area contributed by atoms with Crippen molar-refractivity contribution >= 4 is 11.8 Å². The molecule has 0 aromatic heterocycles. The average Bonchev–Trinajstić information content (AvgIpc) is 2.65. The first-order chi connectivity index (χ1) is 8.45. The van der Waals surface area contributed by atoms with Crippen molar-refractivity contribution in [3.05, 3.63) is 30.3 Å². The van der Waals surface area contributed by atoms with Gasteiger partial charge in [-0.2, -0.15) is 0 Å². The Kier molecular flexibility index (Phi) is 5.89. The Labute approximate surface area is 109 Å². The van der Waals surface area contributed by atoms with Gasteiger partial charge in [-0.3, -0.25) is 0 Å². The standard InChI is InChI=1S/C14H22N2S/c1-2-6-14(7-3-1)17-13-5-11-16-10-4-8-15-9-12-16/h1-3,6-7,15H,4-5,8-13H2. The van der Waals surface area contributed by atoms with Gasteiger partial charge in [0.1, 0.15) is 0 Å². The van der Waals surface area contributed by atoms with Crippen LogP contribution in [-0.4, -0.2) is 43.4 Å². The molecule has 17 heavy (non-hydrogen) atoms.